The van der Waals surface area contributed by atoms with E-state index in [1.165, 1.54) is 45.6 Å². The van der Waals surface area contributed by atoms with Crippen molar-refractivity contribution in [3.05, 3.63) is 71.8 Å². The SMILES string of the molecule is O=C(/C=C/c1ccccc1F)N1CCN(S(=O)(=O)c2cccc(F)c2)CC1. The Hall–Kier alpha value is -2.58. The number of carbonyl (C=O) groups excluding carboxylic acids is 1. The second-order valence-electron chi connectivity index (χ2n) is 6.04. The van der Waals surface area contributed by atoms with Gasteiger partial charge in [-0.2, -0.15) is 4.31 Å². The highest BCUT2D eigenvalue weighted by molar-refractivity contribution is 7.89. The number of hydrogen-bond donors (Lipinski definition) is 0. The van der Waals surface area contributed by atoms with Gasteiger partial charge in [0, 0.05) is 37.8 Å². The number of rotatable bonds is 4. The molecule has 8 heteroatoms. The van der Waals surface area contributed by atoms with Crippen molar-refractivity contribution < 1.29 is 22.0 Å². The predicted octanol–water partition coefficient (Wildman–Crippen LogP) is 2.51. The van der Waals surface area contributed by atoms with Crippen LogP contribution in [0.15, 0.2) is 59.5 Å². The number of benzene rings is 2. The summed E-state index contributed by atoms with van der Waals surface area (Å²) in [6.07, 6.45) is 2.67. The molecule has 2 aromatic rings. The summed E-state index contributed by atoms with van der Waals surface area (Å²) in [5, 5.41) is 0. The minimum absolute atomic E-state index is 0.109. The normalized spacial score (nSPS) is 16.0. The average Bonchev–Trinajstić information content (AvgIpc) is 2.67. The van der Waals surface area contributed by atoms with Crippen LogP contribution in [0, 0.1) is 11.6 Å². The predicted molar refractivity (Wildman–Crippen MR) is 97.2 cm³/mol. The Balaban J connectivity index is 1.63. The lowest BCUT2D eigenvalue weighted by molar-refractivity contribution is -0.127. The first-order valence-corrected chi connectivity index (χ1v) is 9.79. The van der Waals surface area contributed by atoms with Crippen molar-refractivity contribution in [3.8, 4) is 0 Å². The second kappa shape index (κ2) is 7.98. The molecule has 0 saturated carbocycles. The zero-order chi connectivity index (χ0) is 19.4. The van der Waals surface area contributed by atoms with Gasteiger partial charge in [-0.05, 0) is 30.3 Å². The van der Waals surface area contributed by atoms with Crippen molar-refractivity contribution in [2.45, 2.75) is 4.90 Å². The molecule has 1 aliphatic rings. The molecule has 142 valence electrons. The highest BCUT2D eigenvalue weighted by Crippen LogP contribution is 2.18. The topological polar surface area (TPSA) is 57.7 Å². The molecule has 5 nitrogen and oxygen atoms in total. The molecule has 0 unspecified atom stereocenters. The molecular weight excluding hydrogens is 374 g/mol. The summed E-state index contributed by atoms with van der Waals surface area (Å²) in [5.74, 6) is -1.36. The molecule has 0 aliphatic carbocycles. The Bertz CT molecular complexity index is 968. The van der Waals surface area contributed by atoms with E-state index in [0.29, 0.717) is 5.56 Å². The molecule has 1 fully saturated rings. The maximum Gasteiger partial charge on any atom is 0.246 e. The van der Waals surface area contributed by atoms with Crippen LogP contribution in [-0.2, 0) is 14.8 Å². The average molecular weight is 392 g/mol. The first-order valence-electron chi connectivity index (χ1n) is 8.35. The monoisotopic (exact) mass is 392 g/mol. The molecule has 0 atom stereocenters. The molecule has 1 amide bonds. The van der Waals surface area contributed by atoms with Crippen molar-refractivity contribution in [2.75, 3.05) is 26.2 Å². The fraction of sp³-hybridized carbons (Fsp3) is 0.211. The molecule has 3 rings (SSSR count). The lowest BCUT2D eigenvalue weighted by Crippen LogP contribution is -2.50. The molecule has 0 bridgehead atoms. The number of sulfonamides is 1. The van der Waals surface area contributed by atoms with E-state index in [9.17, 15) is 22.0 Å². The molecular formula is C19H18F2N2O3S. The number of piperazine rings is 1. The summed E-state index contributed by atoms with van der Waals surface area (Å²) in [6, 6.07) is 10.9. The van der Waals surface area contributed by atoms with E-state index in [1.54, 1.807) is 18.2 Å². The number of amides is 1. The fourth-order valence-electron chi connectivity index (χ4n) is 2.80. The van der Waals surface area contributed by atoms with Crippen LogP contribution in [0.25, 0.3) is 6.08 Å². The van der Waals surface area contributed by atoms with Gasteiger partial charge in [0.15, 0.2) is 0 Å². The van der Waals surface area contributed by atoms with Crippen molar-refractivity contribution in [3.63, 3.8) is 0 Å². The molecule has 0 radical (unpaired) electrons. The lowest BCUT2D eigenvalue weighted by atomic mass is 10.2. The highest BCUT2D eigenvalue weighted by atomic mass is 32.2. The number of carbonyl (C=O) groups is 1. The van der Waals surface area contributed by atoms with Crippen LogP contribution in [0.4, 0.5) is 8.78 Å². The van der Waals surface area contributed by atoms with E-state index in [1.807, 2.05) is 0 Å². The van der Waals surface area contributed by atoms with Crippen molar-refractivity contribution in [1.29, 1.82) is 0 Å². The molecule has 1 heterocycles. The zero-order valence-corrected chi connectivity index (χ0v) is 15.2. The van der Waals surface area contributed by atoms with Crippen LogP contribution in [0.1, 0.15) is 5.56 Å². The summed E-state index contributed by atoms with van der Waals surface area (Å²) in [5.41, 5.74) is 0.304. The zero-order valence-electron chi connectivity index (χ0n) is 14.4. The third-order valence-corrected chi connectivity index (χ3v) is 6.19. The minimum atomic E-state index is -3.81. The Morgan fingerprint density at radius 3 is 2.33 bits per heavy atom. The summed E-state index contributed by atoms with van der Waals surface area (Å²) >= 11 is 0. The minimum Gasteiger partial charge on any atom is -0.337 e. The maximum atomic E-state index is 13.6. The summed E-state index contributed by atoms with van der Waals surface area (Å²) in [7, 11) is -3.81. The highest BCUT2D eigenvalue weighted by Gasteiger charge is 2.29. The van der Waals surface area contributed by atoms with Gasteiger partial charge in [-0.1, -0.05) is 24.3 Å². The van der Waals surface area contributed by atoms with E-state index >= 15 is 0 Å². The van der Waals surface area contributed by atoms with Gasteiger partial charge >= 0.3 is 0 Å². The summed E-state index contributed by atoms with van der Waals surface area (Å²) < 4.78 is 53.3. The van der Waals surface area contributed by atoms with Crippen molar-refractivity contribution in [2.24, 2.45) is 0 Å². The summed E-state index contributed by atoms with van der Waals surface area (Å²) in [6.45, 7) is 0.625. The van der Waals surface area contributed by atoms with Crippen LogP contribution in [0.3, 0.4) is 0 Å². The van der Waals surface area contributed by atoms with Crippen LogP contribution in [-0.4, -0.2) is 49.7 Å². The maximum absolute atomic E-state index is 13.6. The first kappa shape index (κ1) is 19.2. The van der Waals surface area contributed by atoms with Crippen molar-refractivity contribution >= 4 is 22.0 Å². The second-order valence-corrected chi connectivity index (χ2v) is 7.98. The van der Waals surface area contributed by atoms with E-state index in [0.717, 1.165) is 6.07 Å². The van der Waals surface area contributed by atoms with E-state index in [-0.39, 0.29) is 37.0 Å². The lowest BCUT2D eigenvalue weighted by Gasteiger charge is -2.33. The van der Waals surface area contributed by atoms with Crippen LogP contribution < -0.4 is 0 Å². The third kappa shape index (κ3) is 4.40. The van der Waals surface area contributed by atoms with E-state index in [2.05, 4.69) is 0 Å². The van der Waals surface area contributed by atoms with Crippen LogP contribution >= 0.6 is 0 Å². The summed E-state index contributed by atoms with van der Waals surface area (Å²) in [4.78, 5) is 13.6. The van der Waals surface area contributed by atoms with Gasteiger partial charge in [0.2, 0.25) is 15.9 Å². The quantitative estimate of drug-likeness (QED) is 0.752. The van der Waals surface area contributed by atoms with Crippen molar-refractivity contribution in [1.82, 2.24) is 9.21 Å². The Kier molecular flexibility index (Phi) is 5.67. The van der Waals surface area contributed by atoms with Gasteiger partial charge in [-0.3, -0.25) is 4.79 Å². The smallest absolute Gasteiger partial charge is 0.246 e. The Labute approximate surface area is 156 Å². The van der Waals surface area contributed by atoms with Gasteiger partial charge in [0.1, 0.15) is 11.6 Å². The molecule has 1 aliphatic heterocycles. The molecule has 1 saturated heterocycles. The number of hydrogen-bond acceptors (Lipinski definition) is 3. The van der Waals surface area contributed by atoms with Crippen LogP contribution in [0.2, 0.25) is 0 Å². The number of halogens is 2. The van der Waals surface area contributed by atoms with Gasteiger partial charge in [0.05, 0.1) is 4.90 Å². The molecule has 0 N–H and O–H groups in total. The van der Waals surface area contributed by atoms with E-state index in [4.69, 9.17) is 0 Å². The van der Waals surface area contributed by atoms with Gasteiger partial charge in [-0.15, -0.1) is 0 Å². The fourth-order valence-corrected chi connectivity index (χ4v) is 4.26. The molecule has 0 aromatic heterocycles. The molecule has 27 heavy (non-hydrogen) atoms. The van der Waals surface area contributed by atoms with Gasteiger partial charge < -0.3 is 4.90 Å². The first-order chi connectivity index (χ1) is 12.9. The largest absolute Gasteiger partial charge is 0.337 e. The molecule has 0 spiro atoms. The number of nitrogens with zero attached hydrogens (tertiary/aromatic N) is 2. The standard InChI is InChI=1S/C19H18F2N2O3S/c20-16-5-3-6-17(14-16)27(25,26)23-12-10-22(11-13-23)19(24)9-8-15-4-1-2-7-18(15)21/h1-9,14H,10-13H2/b9-8+. The Morgan fingerprint density at radius 2 is 1.67 bits per heavy atom. The van der Waals surface area contributed by atoms with Gasteiger partial charge in [-0.25, -0.2) is 17.2 Å². The van der Waals surface area contributed by atoms with E-state index < -0.39 is 21.7 Å². The third-order valence-electron chi connectivity index (χ3n) is 4.29. The van der Waals surface area contributed by atoms with Gasteiger partial charge in [0.25, 0.3) is 0 Å². The van der Waals surface area contributed by atoms with Crippen LogP contribution in [0.5, 0.6) is 0 Å². The molecule has 2 aromatic carbocycles. The Morgan fingerprint density at radius 1 is 0.963 bits per heavy atom.